The highest BCUT2D eigenvalue weighted by Gasteiger charge is 2.46. The molecule has 0 amide bonds. The summed E-state index contributed by atoms with van der Waals surface area (Å²) in [5.41, 5.74) is 23.3. The largest absolute Gasteiger partial charge is 0.0713 e. The van der Waals surface area contributed by atoms with Crippen LogP contribution in [-0.2, 0) is 5.41 Å². The van der Waals surface area contributed by atoms with E-state index in [1.54, 1.807) is 0 Å². The minimum absolute atomic E-state index is 0.342. The molecule has 11 rings (SSSR count). The zero-order chi connectivity index (χ0) is 46.6. The van der Waals surface area contributed by atoms with Crippen molar-refractivity contribution in [1.29, 1.82) is 0 Å². The van der Waals surface area contributed by atoms with Crippen LogP contribution >= 0.6 is 0 Å². The average molecular weight is 865 g/mol. The van der Waals surface area contributed by atoms with E-state index in [2.05, 4.69) is 278 Å². The van der Waals surface area contributed by atoms with Crippen molar-refractivity contribution < 1.29 is 0 Å². The Morgan fingerprint density at radius 2 is 0.597 bits per heavy atom. The summed E-state index contributed by atoms with van der Waals surface area (Å²) in [6.07, 6.45) is 0. The highest BCUT2D eigenvalue weighted by Crippen LogP contribution is 2.56. The molecule has 1 aliphatic rings. The maximum absolute atomic E-state index is 2.42. The van der Waals surface area contributed by atoms with Crippen LogP contribution in [0, 0.1) is 41.5 Å². The highest BCUT2D eigenvalue weighted by atomic mass is 14.5. The third kappa shape index (κ3) is 10.5. The van der Waals surface area contributed by atoms with Crippen LogP contribution in [0.1, 0.15) is 55.6 Å². The van der Waals surface area contributed by atoms with Gasteiger partial charge in [-0.25, -0.2) is 0 Å². The molecule has 67 heavy (non-hydrogen) atoms. The summed E-state index contributed by atoms with van der Waals surface area (Å²) in [6, 6.07) is 91.1. The van der Waals surface area contributed by atoms with Crippen molar-refractivity contribution in [2.75, 3.05) is 0 Å². The van der Waals surface area contributed by atoms with Gasteiger partial charge in [0.25, 0.3) is 0 Å². The Morgan fingerprint density at radius 1 is 0.224 bits per heavy atom. The van der Waals surface area contributed by atoms with Gasteiger partial charge in [0, 0.05) is 0 Å². The molecule has 0 unspecified atom stereocenters. The van der Waals surface area contributed by atoms with Crippen molar-refractivity contribution in [1.82, 2.24) is 0 Å². The first-order chi connectivity index (χ1) is 32.7. The molecule has 0 saturated carbocycles. The molecule has 0 aliphatic heterocycles. The van der Waals surface area contributed by atoms with Crippen molar-refractivity contribution in [3.05, 3.63) is 310 Å². The van der Waals surface area contributed by atoms with Crippen LogP contribution in [0.15, 0.2) is 255 Å². The van der Waals surface area contributed by atoms with Gasteiger partial charge in [-0.2, -0.15) is 0 Å². The van der Waals surface area contributed by atoms with Gasteiger partial charge >= 0.3 is 0 Å². The van der Waals surface area contributed by atoms with Crippen LogP contribution in [0.25, 0.3) is 44.5 Å². The molecule has 0 saturated heterocycles. The Kier molecular flexibility index (Phi) is 14.7. The molecule has 0 heteroatoms. The van der Waals surface area contributed by atoms with Gasteiger partial charge in [0.15, 0.2) is 0 Å². The van der Waals surface area contributed by atoms with Crippen molar-refractivity contribution in [3.63, 3.8) is 0 Å². The minimum Gasteiger partial charge on any atom is -0.0622 e. The lowest BCUT2D eigenvalue weighted by molar-refractivity contribution is 0.768. The normalized spacial score (nSPS) is 11.6. The van der Waals surface area contributed by atoms with Gasteiger partial charge in [0.05, 0.1) is 5.41 Å². The van der Waals surface area contributed by atoms with E-state index in [9.17, 15) is 0 Å². The summed E-state index contributed by atoms with van der Waals surface area (Å²) < 4.78 is 0. The molecular weight excluding hydrogens is 805 g/mol. The van der Waals surface area contributed by atoms with E-state index in [4.69, 9.17) is 0 Å². The van der Waals surface area contributed by atoms with Gasteiger partial charge in [-0.1, -0.05) is 271 Å². The zero-order valence-electron chi connectivity index (χ0n) is 39.7. The van der Waals surface area contributed by atoms with E-state index in [1.165, 1.54) is 100 Å². The van der Waals surface area contributed by atoms with Crippen molar-refractivity contribution in [2.24, 2.45) is 0 Å². The third-order valence-electron chi connectivity index (χ3n) is 12.8. The van der Waals surface area contributed by atoms with Crippen molar-refractivity contribution >= 4 is 0 Å². The molecule has 10 aromatic rings. The minimum atomic E-state index is -0.342. The summed E-state index contributed by atoms with van der Waals surface area (Å²) in [7, 11) is 0. The van der Waals surface area contributed by atoms with Crippen LogP contribution in [0.2, 0.25) is 0 Å². The molecule has 0 fully saturated rings. The molecule has 0 atom stereocenters. The smallest absolute Gasteiger partial charge is 0.0622 e. The number of aryl methyl sites for hydroxylation is 6. The maximum atomic E-state index is 2.42. The summed E-state index contributed by atoms with van der Waals surface area (Å²) in [5, 5.41) is 0. The SMILES string of the molecule is Cc1ccc(-c2ccc(C)cc2)cc1.Cc1ccc2c(c1)-c1ccc(-c3ccccc3)cc1C2(c1ccccc1)c1ccccc1.Cc1ccccc1.Cc1ccccc1-c1ccccc1C. The zero-order valence-corrected chi connectivity index (χ0v) is 39.7. The second-order valence-electron chi connectivity index (χ2n) is 17.7. The van der Waals surface area contributed by atoms with E-state index in [1.807, 2.05) is 18.2 Å². The first-order valence-electron chi connectivity index (χ1n) is 23.4. The van der Waals surface area contributed by atoms with Crippen LogP contribution in [0.4, 0.5) is 0 Å². The average Bonchev–Trinajstić information content (AvgIpc) is 3.66. The van der Waals surface area contributed by atoms with Gasteiger partial charge in [0.2, 0.25) is 0 Å². The lowest BCUT2D eigenvalue weighted by Crippen LogP contribution is -2.28. The van der Waals surface area contributed by atoms with Gasteiger partial charge in [-0.05, 0) is 125 Å². The van der Waals surface area contributed by atoms with Crippen LogP contribution in [0.3, 0.4) is 0 Å². The topological polar surface area (TPSA) is 0 Å². The lowest BCUT2D eigenvalue weighted by Gasteiger charge is -2.34. The summed E-state index contributed by atoms with van der Waals surface area (Å²) in [5.74, 6) is 0. The number of hydrogen-bond acceptors (Lipinski definition) is 0. The van der Waals surface area contributed by atoms with E-state index in [0.29, 0.717) is 0 Å². The lowest BCUT2D eigenvalue weighted by atomic mass is 9.67. The van der Waals surface area contributed by atoms with E-state index >= 15 is 0 Å². The fourth-order valence-corrected chi connectivity index (χ4v) is 9.19. The Morgan fingerprint density at radius 3 is 1.04 bits per heavy atom. The molecule has 0 N–H and O–H groups in total. The molecule has 0 spiro atoms. The number of fused-ring (bicyclic) bond motifs is 3. The Hall–Kier alpha value is -7.80. The van der Waals surface area contributed by atoms with E-state index in [0.717, 1.165) is 0 Å². The Labute approximate surface area is 400 Å². The molecule has 0 bridgehead atoms. The van der Waals surface area contributed by atoms with Gasteiger partial charge in [0.1, 0.15) is 0 Å². The second kappa shape index (κ2) is 21.5. The molecule has 10 aromatic carbocycles. The van der Waals surface area contributed by atoms with Crippen LogP contribution < -0.4 is 0 Å². The number of rotatable bonds is 5. The van der Waals surface area contributed by atoms with Gasteiger partial charge in [-0.15, -0.1) is 0 Å². The molecule has 0 radical (unpaired) electrons. The molecule has 0 aromatic heterocycles. The molecule has 1 aliphatic carbocycles. The van der Waals surface area contributed by atoms with E-state index < -0.39 is 0 Å². The summed E-state index contributed by atoms with van der Waals surface area (Å²) in [6.45, 7) is 12.8. The Bertz CT molecular complexity index is 3000. The molecule has 0 heterocycles. The number of benzene rings is 10. The highest BCUT2D eigenvalue weighted by molar-refractivity contribution is 5.88. The quantitative estimate of drug-likeness (QED) is 0.162. The third-order valence-corrected chi connectivity index (χ3v) is 12.8. The van der Waals surface area contributed by atoms with E-state index in [-0.39, 0.29) is 5.41 Å². The molecule has 328 valence electrons. The van der Waals surface area contributed by atoms with Crippen LogP contribution in [0.5, 0.6) is 0 Å². The summed E-state index contributed by atoms with van der Waals surface area (Å²) in [4.78, 5) is 0. The first-order valence-corrected chi connectivity index (χ1v) is 23.4. The van der Waals surface area contributed by atoms with Gasteiger partial charge < -0.3 is 0 Å². The van der Waals surface area contributed by atoms with Crippen molar-refractivity contribution in [2.45, 2.75) is 47.0 Å². The standard InChI is InChI=1S/C32H24.2C14H14.C7H8/c1-23-17-20-30-29(21-23)28-19-18-25(24-11-5-2-6-12-24)22-31(28)32(30,26-13-7-3-8-14-26)27-15-9-4-10-16-27;1-11-3-7-13(8-4-11)14-9-5-12(2)6-10-14;1-11-7-3-5-9-13(11)14-10-6-4-8-12(14)2;1-7-5-3-2-4-6-7/h2-22H,1H3;2*3-10H,1-2H3;2-6H,1H3. The fraction of sp³-hybridized carbons (Fsp3) is 0.104. The fourth-order valence-electron chi connectivity index (χ4n) is 9.19. The molecule has 0 nitrogen and oxygen atoms in total. The predicted octanol–water partition coefficient (Wildman–Crippen LogP) is 18.0. The summed E-state index contributed by atoms with van der Waals surface area (Å²) >= 11 is 0. The van der Waals surface area contributed by atoms with Gasteiger partial charge in [-0.3, -0.25) is 0 Å². The second-order valence-corrected chi connectivity index (χ2v) is 17.7. The molecular formula is C67H60. The number of hydrogen-bond donors (Lipinski definition) is 0. The Balaban J connectivity index is 0.000000143. The van der Waals surface area contributed by atoms with Crippen LogP contribution in [-0.4, -0.2) is 0 Å². The van der Waals surface area contributed by atoms with Crippen molar-refractivity contribution in [3.8, 4) is 44.5 Å². The predicted molar refractivity (Wildman–Crippen MR) is 288 cm³/mol. The first kappa shape index (κ1) is 45.8. The monoisotopic (exact) mass is 864 g/mol. The maximum Gasteiger partial charge on any atom is 0.0713 e.